The number of hydrogen-bond acceptors (Lipinski definition) is 0. The van der Waals surface area contributed by atoms with E-state index in [9.17, 15) is 0 Å². The molecule has 0 amide bonds. The Morgan fingerprint density at radius 3 is 1.36 bits per heavy atom. The van der Waals surface area contributed by atoms with E-state index in [2.05, 4.69) is 0 Å². The van der Waals surface area contributed by atoms with Crippen LogP contribution in [0.15, 0.2) is 10.6 Å². The Balaban J connectivity index is 5.18. The monoisotopic (exact) mass is 376 g/mol. The van der Waals surface area contributed by atoms with Crippen LogP contribution in [0.2, 0.25) is 0 Å². The molecule has 0 saturated heterocycles. The average Bonchev–Trinajstić information content (AvgIpc) is 1.80. The molecule has 14 heavy (non-hydrogen) atoms. The first-order valence-electron chi connectivity index (χ1n) is 2.78. The summed E-state index contributed by atoms with van der Waals surface area (Å²) in [7, 11) is 0. The van der Waals surface area contributed by atoms with Crippen LogP contribution < -0.4 is 0 Å². The highest BCUT2D eigenvalue weighted by Crippen LogP contribution is 2.57. The summed E-state index contributed by atoms with van der Waals surface area (Å²) in [6.45, 7) is 0. The maximum absolute atomic E-state index is 5.71. The molecule has 0 N–H and O–H groups in total. The Morgan fingerprint density at radius 1 is 0.786 bits per heavy atom. The highest BCUT2D eigenvalue weighted by atomic mass is 35.6. The van der Waals surface area contributed by atoms with E-state index in [4.69, 9.17) is 104 Å². The fourth-order valence-electron chi connectivity index (χ4n) is 0.417. The predicted octanol–water partition coefficient (Wildman–Crippen LogP) is 6.02. The minimum atomic E-state index is -2.11. The molecule has 0 aliphatic rings. The minimum absolute atomic E-state index is 0.255. The molecule has 0 radical (unpaired) electrons. The number of alkyl halides is 7. The molecular weight excluding hydrogens is 379 g/mol. The predicted molar refractivity (Wildman–Crippen MR) is 69.0 cm³/mol. The van der Waals surface area contributed by atoms with Crippen LogP contribution in [-0.2, 0) is 0 Å². The molecule has 0 aromatic carbocycles. The number of halogens is 9. The molecule has 0 fully saturated rings. The summed E-state index contributed by atoms with van der Waals surface area (Å²) >= 11 is 49.9. The van der Waals surface area contributed by atoms with Crippen LogP contribution in [-0.4, -0.2) is 12.5 Å². The number of rotatable bonds is 2. The van der Waals surface area contributed by atoms with E-state index in [0.717, 1.165) is 6.08 Å². The van der Waals surface area contributed by atoms with Gasteiger partial charge in [-0.1, -0.05) is 104 Å². The third kappa shape index (κ3) is 3.98. The Morgan fingerprint density at radius 2 is 1.14 bits per heavy atom. The fourth-order valence-corrected chi connectivity index (χ4v) is 2.32. The van der Waals surface area contributed by atoms with Crippen LogP contribution in [0, 0.1) is 0 Å². The van der Waals surface area contributed by atoms with Crippen LogP contribution in [0.25, 0.3) is 0 Å². The summed E-state index contributed by atoms with van der Waals surface area (Å²) in [4.78, 5) is 0. The maximum atomic E-state index is 5.71. The molecule has 0 nitrogen and oxygen atoms in total. The van der Waals surface area contributed by atoms with E-state index < -0.39 is 12.5 Å². The molecule has 0 spiro atoms. The molecule has 0 heterocycles. The van der Waals surface area contributed by atoms with Gasteiger partial charge in [0, 0.05) is 0 Å². The van der Waals surface area contributed by atoms with E-state index in [1.807, 2.05) is 0 Å². The Kier molecular flexibility index (Phi) is 6.23. The van der Waals surface area contributed by atoms with Crippen molar-refractivity contribution in [2.24, 2.45) is 0 Å². The molecule has 0 aromatic heterocycles. The second-order valence-electron chi connectivity index (χ2n) is 2.13. The van der Waals surface area contributed by atoms with Gasteiger partial charge in [-0.05, 0) is 6.08 Å². The van der Waals surface area contributed by atoms with Crippen molar-refractivity contribution in [1.29, 1.82) is 0 Å². The third-order valence-electron chi connectivity index (χ3n) is 1.07. The Labute approximate surface area is 126 Å². The van der Waals surface area contributed by atoms with Crippen molar-refractivity contribution in [3.63, 3.8) is 0 Å². The SMILES string of the molecule is ClC(Cl)=CC(Cl)(Cl)C(Cl)(Cl)C(Cl)(Cl)Cl. The van der Waals surface area contributed by atoms with Crippen LogP contribution in [0.3, 0.4) is 0 Å². The van der Waals surface area contributed by atoms with Gasteiger partial charge in [-0.15, -0.1) is 0 Å². The zero-order valence-corrected chi connectivity index (χ0v) is 12.8. The average molecular weight is 380 g/mol. The molecule has 0 bridgehead atoms. The van der Waals surface area contributed by atoms with Crippen LogP contribution >= 0.6 is 104 Å². The van der Waals surface area contributed by atoms with E-state index in [0.29, 0.717) is 0 Å². The van der Waals surface area contributed by atoms with Crippen molar-refractivity contribution in [1.82, 2.24) is 0 Å². The van der Waals surface area contributed by atoms with Crippen molar-refractivity contribution in [3.05, 3.63) is 10.6 Å². The topological polar surface area (TPSA) is 0 Å². The Bertz CT molecular complexity index is 230. The van der Waals surface area contributed by atoms with Gasteiger partial charge in [0.1, 0.15) is 4.49 Å². The highest BCUT2D eigenvalue weighted by Gasteiger charge is 2.59. The molecule has 84 valence electrons. The first-order chi connectivity index (χ1) is 5.92. The van der Waals surface area contributed by atoms with Gasteiger partial charge in [0.25, 0.3) is 0 Å². The lowest BCUT2D eigenvalue weighted by Crippen LogP contribution is -2.45. The molecule has 0 unspecified atom stereocenters. The van der Waals surface area contributed by atoms with Crippen molar-refractivity contribution in [2.45, 2.75) is 12.5 Å². The van der Waals surface area contributed by atoms with Gasteiger partial charge in [0.15, 0.2) is 4.33 Å². The molecule has 0 aliphatic heterocycles. The van der Waals surface area contributed by atoms with Gasteiger partial charge in [0.2, 0.25) is 8.13 Å². The molecule has 0 aliphatic carbocycles. The lowest BCUT2D eigenvalue weighted by atomic mass is 10.3. The van der Waals surface area contributed by atoms with Crippen LogP contribution in [0.4, 0.5) is 0 Å². The molecule has 0 saturated carbocycles. The van der Waals surface area contributed by atoms with Crippen LogP contribution in [0.1, 0.15) is 0 Å². The van der Waals surface area contributed by atoms with Gasteiger partial charge in [0.05, 0.1) is 0 Å². The largest absolute Gasteiger partial charge is 0.226 e. The zero-order chi connectivity index (χ0) is 11.8. The fraction of sp³-hybridized carbons (Fsp3) is 0.600. The molecule has 0 aromatic rings. The molecule has 0 rings (SSSR count). The highest BCUT2D eigenvalue weighted by molar-refractivity contribution is 6.79. The first-order valence-corrected chi connectivity index (χ1v) is 6.18. The summed E-state index contributed by atoms with van der Waals surface area (Å²) < 4.78 is -6.42. The second kappa shape index (κ2) is 5.33. The van der Waals surface area contributed by atoms with Gasteiger partial charge in [-0.3, -0.25) is 0 Å². The summed E-state index contributed by atoms with van der Waals surface area (Å²) in [6, 6.07) is 0. The lowest BCUT2D eigenvalue weighted by molar-refractivity contribution is 0.765. The maximum Gasteiger partial charge on any atom is 0.226 e. The zero-order valence-electron chi connectivity index (χ0n) is 5.98. The first kappa shape index (κ1) is 16.4. The van der Waals surface area contributed by atoms with Crippen molar-refractivity contribution < 1.29 is 0 Å². The van der Waals surface area contributed by atoms with E-state index >= 15 is 0 Å². The molecular formula is C5HCl9. The second-order valence-corrected chi connectivity index (χ2v) is 8.13. The quantitative estimate of drug-likeness (QED) is 0.514. The standard InChI is InChI=1S/C5HCl9/c6-2(7)1-3(8,9)4(10,11)5(12,13)14/h1H. The summed E-state index contributed by atoms with van der Waals surface area (Å²) in [5.74, 6) is 0. The van der Waals surface area contributed by atoms with Crippen molar-refractivity contribution >= 4 is 104 Å². The van der Waals surface area contributed by atoms with Gasteiger partial charge in [-0.25, -0.2) is 0 Å². The van der Waals surface area contributed by atoms with E-state index in [-0.39, 0.29) is 4.49 Å². The van der Waals surface area contributed by atoms with E-state index in [1.165, 1.54) is 0 Å². The van der Waals surface area contributed by atoms with Crippen molar-refractivity contribution in [3.8, 4) is 0 Å². The van der Waals surface area contributed by atoms with Crippen molar-refractivity contribution in [2.75, 3.05) is 0 Å². The third-order valence-corrected chi connectivity index (χ3v) is 5.05. The number of allylic oxidation sites excluding steroid dienone is 1. The van der Waals surface area contributed by atoms with E-state index in [1.54, 1.807) is 0 Å². The molecule has 0 atom stereocenters. The number of hydrogen-bond donors (Lipinski definition) is 0. The summed E-state index contributed by atoms with van der Waals surface area (Å²) in [6.07, 6.45) is 0.946. The summed E-state index contributed by atoms with van der Waals surface area (Å²) in [5.41, 5.74) is 0. The van der Waals surface area contributed by atoms with Gasteiger partial charge < -0.3 is 0 Å². The van der Waals surface area contributed by atoms with Gasteiger partial charge >= 0.3 is 0 Å². The minimum Gasteiger partial charge on any atom is -0.0933 e. The van der Waals surface area contributed by atoms with Crippen LogP contribution in [0.5, 0.6) is 0 Å². The van der Waals surface area contributed by atoms with Gasteiger partial charge in [-0.2, -0.15) is 0 Å². The lowest BCUT2D eigenvalue weighted by Gasteiger charge is -2.35. The Hall–Kier alpha value is 2.35. The summed E-state index contributed by atoms with van der Waals surface area (Å²) in [5, 5.41) is 0. The normalized spacial score (nSPS) is 14.1. The smallest absolute Gasteiger partial charge is 0.0933 e. The molecule has 9 heteroatoms.